The van der Waals surface area contributed by atoms with Crippen molar-refractivity contribution >= 4 is 23.5 Å². The lowest BCUT2D eigenvalue weighted by Gasteiger charge is -2.10. The summed E-state index contributed by atoms with van der Waals surface area (Å²) in [5.41, 5.74) is 3.24. The number of carbonyl (C=O) groups is 1. The highest BCUT2D eigenvalue weighted by atomic mass is 32.2. The number of anilines is 1. The average molecular weight is 330 g/mol. The van der Waals surface area contributed by atoms with Gasteiger partial charge in [0, 0.05) is 18.1 Å². The zero-order valence-corrected chi connectivity index (χ0v) is 14.3. The Balaban J connectivity index is 1.66. The SMILES string of the molecule is COc1ccccc1NC(=O)NCCSCc1ccc(C)cc1. The number of amides is 2. The van der Waals surface area contributed by atoms with E-state index in [0.717, 1.165) is 11.5 Å². The Labute approximate surface area is 141 Å². The summed E-state index contributed by atoms with van der Waals surface area (Å²) in [5.74, 6) is 2.47. The molecule has 2 rings (SSSR count). The fraction of sp³-hybridized carbons (Fsp3) is 0.278. The lowest BCUT2D eigenvalue weighted by molar-refractivity contribution is 0.252. The standard InChI is InChI=1S/C18H22N2O2S/c1-14-7-9-15(10-8-14)13-23-12-11-19-18(21)20-16-5-3-4-6-17(16)22-2/h3-10H,11-13H2,1-2H3,(H2,19,20,21). The Hall–Kier alpha value is -2.14. The molecule has 2 aromatic rings. The molecule has 0 unspecified atom stereocenters. The van der Waals surface area contributed by atoms with E-state index < -0.39 is 0 Å². The van der Waals surface area contributed by atoms with Crippen LogP contribution in [0, 0.1) is 6.92 Å². The van der Waals surface area contributed by atoms with Gasteiger partial charge in [-0.15, -0.1) is 0 Å². The summed E-state index contributed by atoms with van der Waals surface area (Å²) in [6, 6.07) is 15.7. The van der Waals surface area contributed by atoms with Gasteiger partial charge in [0.25, 0.3) is 0 Å². The molecule has 0 aliphatic carbocycles. The second-order valence-electron chi connectivity index (χ2n) is 5.12. The van der Waals surface area contributed by atoms with Crippen molar-refractivity contribution in [3.8, 4) is 5.75 Å². The largest absolute Gasteiger partial charge is 0.495 e. The van der Waals surface area contributed by atoms with Crippen LogP contribution in [-0.2, 0) is 5.75 Å². The zero-order valence-electron chi connectivity index (χ0n) is 13.5. The van der Waals surface area contributed by atoms with Gasteiger partial charge in [-0.1, -0.05) is 42.0 Å². The number of methoxy groups -OCH3 is 1. The predicted octanol–water partition coefficient (Wildman–Crippen LogP) is 4.06. The number of rotatable bonds is 7. The van der Waals surface area contributed by atoms with Gasteiger partial charge in [-0.2, -0.15) is 11.8 Å². The molecule has 2 amide bonds. The number of benzene rings is 2. The van der Waals surface area contributed by atoms with Crippen LogP contribution >= 0.6 is 11.8 Å². The molecule has 0 aliphatic heterocycles. The molecule has 0 fully saturated rings. The van der Waals surface area contributed by atoms with Crippen LogP contribution in [0.3, 0.4) is 0 Å². The summed E-state index contributed by atoms with van der Waals surface area (Å²) in [7, 11) is 1.58. The summed E-state index contributed by atoms with van der Waals surface area (Å²) >= 11 is 1.80. The van der Waals surface area contributed by atoms with E-state index in [-0.39, 0.29) is 6.03 Å². The molecule has 0 radical (unpaired) electrons. The highest BCUT2D eigenvalue weighted by molar-refractivity contribution is 7.98. The van der Waals surface area contributed by atoms with Crippen molar-refractivity contribution in [2.45, 2.75) is 12.7 Å². The molecule has 0 atom stereocenters. The number of para-hydroxylation sites is 2. The lowest BCUT2D eigenvalue weighted by Crippen LogP contribution is -2.30. The van der Waals surface area contributed by atoms with E-state index in [2.05, 4.69) is 41.8 Å². The first kappa shape index (κ1) is 17.2. The smallest absolute Gasteiger partial charge is 0.319 e. The molecule has 2 aromatic carbocycles. The third-order valence-corrected chi connectivity index (χ3v) is 4.31. The number of hydrogen-bond acceptors (Lipinski definition) is 3. The molecule has 0 saturated carbocycles. The van der Waals surface area contributed by atoms with Crippen molar-refractivity contribution in [1.29, 1.82) is 0 Å². The van der Waals surface area contributed by atoms with Crippen LogP contribution in [0.5, 0.6) is 5.75 Å². The summed E-state index contributed by atoms with van der Waals surface area (Å²) in [5, 5.41) is 5.64. The molecule has 2 N–H and O–H groups in total. The topological polar surface area (TPSA) is 50.4 Å². The Morgan fingerprint density at radius 1 is 1.13 bits per heavy atom. The van der Waals surface area contributed by atoms with Gasteiger partial charge in [-0.05, 0) is 24.6 Å². The normalized spacial score (nSPS) is 10.2. The first-order chi connectivity index (χ1) is 11.2. The van der Waals surface area contributed by atoms with Gasteiger partial charge in [-0.3, -0.25) is 0 Å². The van der Waals surface area contributed by atoms with E-state index in [9.17, 15) is 4.79 Å². The van der Waals surface area contributed by atoms with Gasteiger partial charge in [0.1, 0.15) is 5.75 Å². The van der Waals surface area contributed by atoms with Gasteiger partial charge >= 0.3 is 6.03 Å². The fourth-order valence-electron chi connectivity index (χ4n) is 2.03. The quantitative estimate of drug-likeness (QED) is 0.753. The van der Waals surface area contributed by atoms with Crippen LogP contribution in [0.1, 0.15) is 11.1 Å². The number of hydrogen-bond donors (Lipinski definition) is 2. The van der Waals surface area contributed by atoms with Crippen LogP contribution < -0.4 is 15.4 Å². The van der Waals surface area contributed by atoms with Gasteiger partial charge < -0.3 is 15.4 Å². The van der Waals surface area contributed by atoms with Crippen molar-refractivity contribution in [1.82, 2.24) is 5.32 Å². The van der Waals surface area contributed by atoms with Crippen molar-refractivity contribution in [2.24, 2.45) is 0 Å². The second kappa shape index (κ2) is 9.10. The van der Waals surface area contributed by atoms with Gasteiger partial charge in [0.05, 0.1) is 12.8 Å². The minimum atomic E-state index is -0.217. The Morgan fingerprint density at radius 2 is 1.87 bits per heavy atom. The molecule has 0 saturated heterocycles. The molecule has 0 aromatic heterocycles. The van der Waals surface area contributed by atoms with Crippen LogP contribution in [0.2, 0.25) is 0 Å². The van der Waals surface area contributed by atoms with E-state index >= 15 is 0 Å². The van der Waals surface area contributed by atoms with Crippen LogP contribution in [0.4, 0.5) is 10.5 Å². The molecular formula is C18H22N2O2S. The minimum absolute atomic E-state index is 0.217. The minimum Gasteiger partial charge on any atom is -0.495 e. The summed E-state index contributed by atoms with van der Waals surface area (Å²) in [4.78, 5) is 11.9. The predicted molar refractivity (Wildman–Crippen MR) is 97.4 cm³/mol. The molecule has 0 spiro atoms. The molecule has 0 aliphatic rings. The lowest BCUT2D eigenvalue weighted by atomic mass is 10.2. The van der Waals surface area contributed by atoms with Gasteiger partial charge in [0.15, 0.2) is 0 Å². The van der Waals surface area contributed by atoms with Crippen LogP contribution in [-0.4, -0.2) is 25.4 Å². The molecule has 5 heteroatoms. The molecule has 23 heavy (non-hydrogen) atoms. The molecule has 122 valence electrons. The first-order valence-corrected chi connectivity index (χ1v) is 8.65. The van der Waals surface area contributed by atoms with Crippen LogP contribution in [0.25, 0.3) is 0 Å². The summed E-state index contributed by atoms with van der Waals surface area (Å²) in [6.45, 7) is 2.71. The highest BCUT2D eigenvalue weighted by Crippen LogP contribution is 2.22. The van der Waals surface area contributed by atoms with E-state index in [1.807, 2.05) is 24.3 Å². The van der Waals surface area contributed by atoms with E-state index in [0.29, 0.717) is 18.0 Å². The third-order valence-electron chi connectivity index (χ3n) is 3.28. The van der Waals surface area contributed by atoms with Crippen molar-refractivity contribution in [3.63, 3.8) is 0 Å². The maximum Gasteiger partial charge on any atom is 0.319 e. The van der Waals surface area contributed by atoms with Gasteiger partial charge in [-0.25, -0.2) is 4.79 Å². The maximum atomic E-state index is 11.9. The molecule has 4 nitrogen and oxygen atoms in total. The van der Waals surface area contributed by atoms with E-state index in [4.69, 9.17) is 4.74 Å². The number of urea groups is 1. The average Bonchev–Trinajstić information content (AvgIpc) is 2.57. The number of aryl methyl sites for hydroxylation is 1. The highest BCUT2D eigenvalue weighted by Gasteiger charge is 2.05. The number of thioether (sulfide) groups is 1. The molecule has 0 heterocycles. The van der Waals surface area contributed by atoms with E-state index in [1.165, 1.54) is 11.1 Å². The van der Waals surface area contributed by atoms with Gasteiger partial charge in [0.2, 0.25) is 0 Å². The fourth-order valence-corrected chi connectivity index (χ4v) is 2.84. The third kappa shape index (κ3) is 5.87. The molecule has 0 bridgehead atoms. The summed E-state index contributed by atoms with van der Waals surface area (Å²) < 4.78 is 5.20. The van der Waals surface area contributed by atoms with Crippen molar-refractivity contribution < 1.29 is 9.53 Å². The maximum absolute atomic E-state index is 11.9. The number of ether oxygens (including phenoxy) is 1. The number of nitrogens with one attached hydrogen (secondary N) is 2. The zero-order chi connectivity index (χ0) is 16.5. The Kier molecular flexibility index (Phi) is 6.81. The van der Waals surface area contributed by atoms with E-state index in [1.54, 1.807) is 18.9 Å². The first-order valence-electron chi connectivity index (χ1n) is 7.50. The van der Waals surface area contributed by atoms with Crippen LogP contribution in [0.15, 0.2) is 48.5 Å². The number of carbonyl (C=O) groups excluding carboxylic acids is 1. The molecular weight excluding hydrogens is 308 g/mol. The van der Waals surface area contributed by atoms with Crippen molar-refractivity contribution in [3.05, 3.63) is 59.7 Å². The van der Waals surface area contributed by atoms with Crippen molar-refractivity contribution in [2.75, 3.05) is 24.7 Å². The second-order valence-corrected chi connectivity index (χ2v) is 6.22. The monoisotopic (exact) mass is 330 g/mol. The summed E-state index contributed by atoms with van der Waals surface area (Å²) in [6.07, 6.45) is 0. The Morgan fingerprint density at radius 3 is 2.61 bits per heavy atom. The Bertz CT molecular complexity index is 629.